The molecule has 2 aromatic heterocycles. The summed E-state index contributed by atoms with van der Waals surface area (Å²) in [4.78, 5) is 28.5. The number of phosphoric acid groups is 1. The highest BCUT2D eigenvalue weighted by molar-refractivity contribution is 9.10. The normalized spacial score (nSPS) is 32.0. The largest absolute Gasteiger partial charge is 0.475 e. The molecule has 4 rings (SSSR count). The van der Waals surface area contributed by atoms with Gasteiger partial charge in [0.1, 0.15) is 23.8 Å². The molecule has 0 spiro atoms. The molecule has 19 heteroatoms. The van der Waals surface area contributed by atoms with E-state index in [-0.39, 0.29) is 48.7 Å². The van der Waals surface area contributed by atoms with Crippen molar-refractivity contribution in [2.45, 2.75) is 68.7 Å². The number of nitrogens with one attached hydrogen (secondary N) is 1. The smallest absolute Gasteiger partial charge is 0.463 e. The standard InChI is InChI=1S/C24H32BrFN7O9P/c1-12(2)40-16(34)7-8-30-20(36)18-22(3,4)11-39-43(37,42-18)38-9-14-17(35)24(25,26)23(10-27,41-14)15-6-5-13-19(28)31-21(29)32-33(13)15/h5-6,12,14,17-18,35H,7-9,11H2,1-4H3,(H,30,36)(H4,28,29,31,32)/t14-,17?,18+,23+,24-,43?/m1/s1. The Labute approximate surface area is 253 Å². The fraction of sp³-hybridized carbons (Fsp3) is 0.625. The molecule has 0 saturated carbocycles. The van der Waals surface area contributed by atoms with Crippen LogP contribution in [0, 0.1) is 16.7 Å². The molecule has 6 N–H and O–H groups in total. The van der Waals surface area contributed by atoms with Crippen LogP contribution in [0.1, 0.15) is 39.8 Å². The topological polar surface area (TPSA) is 236 Å². The minimum absolute atomic E-state index is 0.0500. The number of fused-ring (bicyclic) bond motifs is 1. The zero-order chi connectivity index (χ0) is 32.0. The monoisotopic (exact) mass is 691 g/mol. The van der Waals surface area contributed by atoms with Crippen LogP contribution in [-0.4, -0.2) is 80.3 Å². The van der Waals surface area contributed by atoms with E-state index in [1.54, 1.807) is 33.8 Å². The van der Waals surface area contributed by atoms with Gasteiger partial charge in [0.05, 0.1) is 31.4 Å². The van der Waals surface area contributed by atoms with Crippen molar-refractivity contribution in [2.24, 2.45) is 5.41 Å². The predicted molar refractivity (Wildman–Crippen MR) is 150 cm³/mol. The van der Waals surface area contributed by atoms with Crippen LogP contribution in [0.15, 0.2) is 12.1 Å². The first-order valence-electron chi connectivity index (χ1n) is 13.1. The zero-order valence-corrected chi connectivity index (χ0v) is 26.1. The van der Waals surface area contributed by atoms with Gasteiger partial charge in [-0.3, -0.25) is 23.2 Å². The molecule has 2 aliphatic heterocycles. The first-order chi connectivity index (χ1) is 20.0. The lowest BCUT2D eigenvalue weighted by Crippen LogP contribution is -2.50. The Hall–Kier alpha value is -2.91. The van der Waals surface area contributed by atoms with E-state index in [2.05, 4.69) is 31.3 Å². The van der Waals surface area contributed by atoms with Gasteiger partial charge in [-0.25, -0.2) is 13.5 Å². The molecule has 6 atom stereocenters. The number of esters is 1. The van der Waals surface area contributed by atoms with Gasteiger partial charge in [0.25, 0.3) is 0 Å². The maximum absolute atomic E-state index is 16.2. The maximum Gasteiger partial charge on any atom is 0.475 e. The van der Waals surface area contributed by atoms with Crippen molar-refractivity contribution >= 4 is 52.9 Å². The Kier molecular flexibility index (Phi) is 9.12. The number of nitrogens with zero attached hydrogens (tertiary/aromatic N) is 4. The van der Waals surface area contributed by atoms with Crippen molar-refractivity contribution < 1.29 is 46.7 Å². The van der Waals surface area contributed by atoms with Crippen LogP contribution < -0.4 is 16.8 Å². The number of nitrogen functional groups attached to an aromatic ring is 2. The Bertz CT molecular complexity index is 1500. The number of aromatic nitrogens is 3. The molecular formula is C24H32BrFN7O9P. The molecule has 43 heavy (non-hydrogen) atoms. The molecule has 236 valence electrons. The highest BCUT2D eigenvalue weighted by atomic mass is 79.9. The third kappa shape index (κ3) is 6.21. The lowest BCUT2D eigenvalue weighted by molar-refractivity contribution is -0.147. The van der Waals surface area contributed by atoms with Crippen molar-refractivity contribution in [3.63, 3.8) is 0 Å². The van der Waals surface area contributed by atoms with Gasteiger partial charge in [0.15, 0.2) is 11.9 Å². The molecule has 0 radical (unpaired) electrons. The molecule has 2 aromatic rings. The molecule has 4 heterocycles. The van der Waals surface area contributed by atoms with Crippen LogP contribution in [0.4, 0.5) is 16.2 Å². The van der Waals surface area contributed by atoms with E-state index in [0.29, 0.717) is 0 Å². The van der Waals surface area contributed by atoms with E-state index in [1.165, 1.54) is 12.1 Å². The van der Waals surface area contributed by atoms with Gasteiger partial charge >= 0.3 is 13.8 Å². The molecule has 0 bridgehead atoms. The minimum Gasteiger partial charge on any atom is -0.463 e. The number of alkyl halides is 2. The summed E-state index contributed by atoms with van der Waals surface area (Å²) in [7, 11) is -4.48. The Morgan fingerprint density at radius 1 is 1.40 bits per heavy atom. The number of nitrogens with two attached hydrogens (primary N) is 2. The van der Waals surface area contributed by atoms with E-state index in [0.717, 1.165) is 4.52 Å². The second-order valence-electron chi connectivity index (χ2n) is 11.0. The van der Waals surface area contributed by atoms with Gasteiger partial charge < -0.3 is 31.4 Å². The van der Waals surface area contributed by atoms with Gasteiger partial charge in [-0.1, -0.05) is 13.8 Å². The van der Waals surface area contributed by atoms with E-state index < -0.39 is 60.2 Å². The predicted octanol–water partition coefficient (Wildman–Crippen LogP) is 1.46. The number of carbonyl (C=O) groups excluding carboxylic acids is 2. The maximum atomic E-state index is 16.2. The summed E-state index contributed by atoms with van der Waals surface area (Å²) in [6.07, 6.45) is -5.39. The summed E-state index contributed by atoms with van der Waals surface area (Å²) in [6, 6.07) is 4.45. The quantitative estimate of drug-likeness (QED) is 0.166. The van der Waals surface area contributed by atoms with Crippen LogP contribution in [0.5, 0.6) is 0 Å². The third-order valence-electron chi connectivity index (χ3n) is 6.76. The fourth-order valence-corrected chi connectivity index (χ4v) is 6.93. The number of rotatable bonds is 9. The van der Waals surface area contributed by atoms with Crippen molar-refractivity contribution in [1.82, 2.24) is 19.9 Å². The molecule has 1 amide bonds. The average molecular weight is 692 g/mol. The Morgan fingerprint density at radius 3 is 2.74 bits per heavy atom. The summed E-state index contributed by atoms with van der Waals surface area (Å²) in [6.45, 7) is 5.56. The minimum atomic E-state index is -4.48. The highest BCUT2D eigenvalue weighted by Gasteiger charge is 2.69. The number of hydrogen-bond donors (Lipinski definition) is 4. The number of amides is 1. The van der Waals surface area contributed by atoms with E-state index in [9.17, 15) is 24.5 Å². The van der Waals surface area contributed by atoms with Gasteiger partial charge in [0.2, 0.25) is 22.0 Å². The molecule has 2 aliphatic rings. The van der Waals surface area contributed by atoms with Crippen LogP contribution in [0.3, 0.4) is 0 Å². The average Bonchev–Trinajstić information content (AvgIpc) is 3.41. The number of carbonyl (C=O) groups is 2. The number of phosphoric ester groups is 1. The number of aliphatic hydroxyl groups excluding tert-OH is 1. The summed E-state index contributed by atoms with van der Waals surface area (Å²) in [5.74, 6) is -1.51. The van der Waals surface area contributed by atoms with Crippen LogP contribution in [0.25, 0.3) is 5.52 Å². The number of aliphatic hydroxyl groups is 1. The van der Waals surface area contributed by atoms with Gasteiger partial charge in [0, 0.05) is 12.0 Å². The van der Waals surface area contributed by atoms with Crippen molar-refractivity contribution in [3.05, 3.63) is 17.8 Å². The van der Waals surface area contributed by atoms with Gasteiger partial charge in [-0.05, 0) is 41.9 Å². The molecule has 2 saturated heterocycles. The van der Waals surface area contributed by atoms with Crippen molar-refractivity contribution in [2.75, 3.05) is 31.2 Å². The second-order valence-corrected chi connectivity index (χ2v) is 13.7. The van der Waals surface area contributed by atoms with Crippen LogP contribution >= 0.6 is 23.8 Å². The van der Waals surface area contributed by atoms with Gasteiger partial charge in [-0.15, -0.1) is 5.10 Å². The molecule has 16 nitrogen and oxygen atoms in total. The lowest BCUT2D eigenvalue weighted by atomic mass is 9.87. The SMILES string of the molecule is CC(C)OC(=O)CCNC(=O)[C@@H]1OP(=O)(OC[C@H]2O[C@@](C#N)(c3ccc4c(N)nc(N)nn34)[C@@](F)(Br)C2O)OCC1(C)C. The highest BCUT2D eigenvalue weighted by Crippen LogP contribution is 2.59. The van der Waals surface area contributed by atoms with Crippen molar-refractivity contribution in [3.8, 4) is 6.07 Å². The molecule has 2 fully saturated rings. The Morgan fingerprint density at radius 2 is 2.09 bits per heavy atom. The molecule has 0 aliphatic carbocycles. The molecule has 2 unspecified atom stereocenters. The number of nitriles is 1. The number of anilines is 2. The number of ether oxygens (including phenoxy) is 2. The number of hydrogen-bond acceptors (Lipinski definition) is 14. The lowest BCUT2D eigenvalue weighted by Gasteiger charge is -2.39. The van der Waals surface area contributed by atoms with Crippen LogP contribution in [-0.2, 0) is 42.8 Å². The Balaban J connectivity index is 1.49. The fourth-order valence-electron chi connectivity index (χ4n) is 4.59. The summed E-state index contributed by atoms with van der Waals surface area (Å²) < 4.78 is 54.6. The second kappa shape index (κ2) is 11.9. The van der Waals surface area contributed by atoms with Crippen molar-refractivity contribution in [1.29, 1.82) is 5.26 Å². The van der Waals surface area contributed by atoms with Crippen LogP contribution in [0.2, 0.25) is 0 Å². The molecule has 0 aromatic carbocycles. The van der Waals surface area contributed by atoms with E-state index in [4.69, 9.17) is 34.5 Å². The first-order valence-corrected chi connectivity index (χ1v) is 15.3. The van der Waals surface area contributed by atoms with Gasteiger partial charge in [-0.2, -0.15) is 10.2 Å². The first kappa shape index (κ1) is 33.0. The van der Waals surface area contributed by atoms with E-state index >= 15 is 4.39 Å². The number of halogens is 2. The van der Waals surface area contributed by atoms with E-state index in [1.807, 2.05) is 0 Å². The summed E-state index contributed by atoms with van der Waals surface area (Å²) in [5, 5.41) is 27.5. The summed E-state index contributed by atoms with van der Waals surface area (Å²) in [5.41, 5.74) is 8.07. The zero-order valence-electron chi connectivity index (χ0n) is 23.7. The summed E-state index contributed by atoms with van der Waals surface area (Å²) >= 11 is 2.79. The third-order valence-corrected chi connectivity index (χ3v) is 9.17. The molecular weight excluding hydrogens is 660 g/mol.